The van der Waals surface area contributed by atoms with Crippen LogP contribution in [0.15, 0.2) is 24.3 Å². The lowest BCUT2D eigenvalue weighted by Gasteiger charge is -2.04. The van der Waals surface area contributed by atoms with E-state index in [-0.39, 0.29) is 24.6 Å². The highest BCUT2D eigenvalue weighted by atomic mass is 16.5. The van der Waals surface area contributed by atoms with E-state index in [1.807, 2.05) is 0 Å². The number of Topliss-reactive ketones (excluding diaryl/α,β-unsaturated/α-hetero) is 1. The van der Waals surface area contributed by atoms with Crippen molar-refractivity contribution in [2.24, 2.45) is 0 Å². The highest BCUT2D eigenvalue weighted by molar-refractivity contribution is 5.94. The average molecular weight is 275 g/mol. The van der Waals surface area contributed by atoms with E-state index in [4.69, 9.17) is 9.84 Å². The number of aromatic nitrogens is 3. The minimum absolute atomic E-state index is 0.00917. The number of aliphatic carboxylic acids is 1. The van der Waals surface area contributed by atoms with E-state index in [1.165, 1.54) is 6.92 Å². The first-order valence-electron chi connectivity index (χ1n) is 5.90. The average Bonchev–Trinajstić information content (AvgIpc) is 2.83. The van der Waals surface area contributed by atoms with Crippen LogP contribution in [-0.2, 0) is 17.8 Å². The van der Waals surface area contributed by atoms with Crippen LogP contribution in [0.25, 0.3) is 0 Å². The minimum Gasteiger partial charge on any atom is -0.486 e. The quantitative estimate of drug-likeness (QED) is 0.768. The van der Waals surface area contributed by atoms with Crippen LogP contribution >= 0.6 is 0 Å². The Kier molecular flexibility index (Phi) is 4.09. The van der Waals surface area contributed by atoms with Gasteiger partial charge in [-0.3, -0.25) is 14.7 Å². The monoisotopic (exact) mass is 275 g/mol. The van der Waals surface area contributed by atoms with Gasteiger partial charge in [-0.2, -0.15) is 5.10 Å². The van der Waals surface area contributed by atoms with Gasteiger partial charge >= 0.3 is 5.97 Å². The topological polar surface area (TPSA) is 105 Å². The van der Waals surface area contributed by atoms with Crippen molar-refractivity contribution in [3.05, 3.63) is 41.5 Å². The fourth-order valence-corrected chi connectivity index (χ4v) is 1.55. The molecule has 1 heterocycles. The van der Waals surface area contributed by atoms with E-state index in [2.05, 4.69) is 15.2 Å². The maximum atomic E-state index is 11.1. The largest absolute Gasteiger partial charge is 0.486 e. The summed E-state index contributed by atoms with van der Waals surface area (Å²) < 4.78 is 5.45. The molecule has 2 rings (SSSR count). The smallest absolute Gasteiger partial charge is 0.311 e. The number of benzene rings is 1. The van der Waals surface area contributed by atoms with E-state index in [9.17, 15) is 9.59 Å². The number of nitrogens with zero attached hydrogens (tertiary/aromatic N) is 2. The molecule has 0 fully saturated rings. The maximum Gasteiger partial charge on any atom is 0.311 e. The second-order valence-corrected chi connectivity index (χ2v) is 4.14. The van der Waals surface area contributed by atoms with Gasteiger partial charge in [0.15, 0.2) is 17.4 Å². The second-order valence-electron chi connectivity index (χ2n) is 4.14. The summed E-state index contributed by atoms with van der Waals surface area (Å²) >= 11 is 0. The van der Waals surface area contributed by atoms with Crippen molar-refractivity contribution in [1.29, 1.82) is 0 Å². The van der Waals surface area contributed by atoms with Crippen molar-refractivity contribution in [1.82, 2.24) is 15.2 Å². The molecule has 0 atom stereocenters. The third-order valence-electron chi connectivity index (χ3n) is 2.52. The number of rotatable bonds is 6. The zero-order chi connectivity index (χ0) is 14.5. The Morgan fingerprint density at radius 3 is 2.60 bits per heavy atom. The minimum atomic E-state index is -0.990. The van der Waals surface area contributed by atoms with Gasteiger partial charge in [0.25, 0.3) is 0 Å². The number of aromatic amines is 1. The van der Waals surface area contributed by atoms with Crippen molar-refractivity contribution < 1.29 is 19.4 Å². The molecule has 20 heavy (non-hydrogen) atoms. The first-order chi connectivity index (χ1) is 9.54. The fourth-order valence-electron chi connectivity index (χ4n) is 1.55. The Morgan fingerprint density at radius 1 is 1.30 bits per heavy atom. The molecule has 0 saturated heterocycles. The summed E-state index contributed by atoms with van der Waals surface area (Å²) in [7, 11) is 0. The van der Waals surface area contributed by atoms with E-state index in [0.717, 1.165) is 0 Å². The van der Waals surface area contributed by atoms with Crippen LogP contribution in [0.4, 0.5) is 0 Å². The lowest BCUT2D eigenvalue weighted by molar-refractivity contribution is -0.136. The summed E-state index contributed by atoms with van der Waals surface area (Å²) in [6.07, 6.45) is -0.232. The molecule has 0 saturated carbocycles. The molecule has 1 aromatic heterocycles. The summed E-state index contributed by atoms with van der Waals surface area (Å²) in [6.45, 7) is 1.64. The SMILES string of the molecule is CC(=O)c1ccc(OCc2nc(CC(=O)O)n[nH]2)cc1. The van der Waals surface area contributed by atoms with Gasteiger partial charge in [-0.15, -0.1) is 0 Å². The molecule has 1 aromatic carbocycles. The van der Waals surface area contributed by atoms with Crippen LogP contribution in [0.5, 0.6) is 5.75 Å². The Labute approximate surface area is 114 Å². The highest BCUT2D eigenvalue weighted by Crippen LogP contribution is 2.13. The van der Waals surface area contributed by atoms with Crippen molar-refractivity contribution >= 4 is 11.8 Å². The van der Waals surface area contributed by atoms with Crippen LogP contribution < -0.4 is 4.74 Å². The van der Waals surface area contributed by atoms with Gasteiger partial charge in [0, 0.05) is 5.56 Å². The zero-order valence-electron chi connectivity index (χ0n) is 10.8. The number of carboxylic acid groups (broad SMARTS) is 1. The maximum absolute atomic E-state index is 11.1. The molecule has 0 amide bonds. The van der Waals surface area contributed by atoms with Crippen LogP contribution in [-0.4, -0.2) is 32.0 Å². The van der Waals surface area contributed by atoms with Gasteiger partial charge in [-0.25, -0.2) is 4.98 Å². The molecule has 0 bridgehead atoms. The normalized spacial score (nSPS) is 10.2. The molecule has 0 aliphatic carbocycles. The number of ketones is 1. The molecule has 2 N–H and O–H groups in total. The first kappa shape index (κ1) is 13.7. The third kappa shape index (κ3) is 3.64. The number of ether oxygens (including phenoxy) is 1. The van der Waals surface area contributed by atoms with Gasteiger partial charge in [-0.1, -0.05) is 0 Å². The Morgan fingerprint density at radius 2 is 2.00 bits per heavy atom. The fraction of sp³-hybridized carbons (Fsp3) is 0.231. The Balaban J connectivity index is 1.93. The van der Waals surface area contributed by atoms with Gasteiger partial charge in [0.05, 0.1) is 0 Å². The summed E-state index contributed by atoms with van der Waals surface area (Å²) in [4.78, 5) is 25.6. The predicted molar refractivity (Wildman–Crippen MR) is 68.5 cm³/mol. The van der Waals surface area contributed by atoms with E-state index in [1.54, 1.807) is 24.3 Å². The van der Waals surface area contributed by atoms with Crippen molar-refractivity contribution in [2.75, 3.05) is 0 Å². The van der Waals surface area contributed by atoms with E-state index < -0.39 is 5.97 Å². The molecule has 7 nitrogen and oxygen atoms in total. The van der Waals surface area contributed by atoms with Crippen molar-refractivity contribution in [3.8, 4) is 5.75 Å². The van der Waals surface area contributed by atoms with Gasteiger partial charge in [-0.05, 0) is 31.2 Å². The summed E-state index contributed by atoms with van der Waals surface area (Å²) in [5.74, 6) is 0.243. The van der Waals surface area contributed by atoms with Gasteiger partial charge in [0.1, 0.15) is 18.8 Å². The number of carbonyl (C=O) groups is 2. The van der Waals surface area contributed by atoms with E-state index in [0.29, 0.717) is 17.1 Å². The first-order valence-corrected chi connectivity index (χ1v) is 5.90. The van der Waals surface area contributed by atoms with Crippen LogP contribution in [0, 0.1) is 0 Å². The van der Waals surface area contributed by atoms with Crippen LogP contribution in [0.3, 0.4) is 0 Å². The van der Waals surface area contributed by atoms with Gasteiger partial charge in [0.2, 0.25) is 0 Å². The van der Waals surface area contributed by atoms with Crippen LogP contribution in [0.2, 0.25) is 0 Å². The van der Waals surface area contributed by atoms with Gasteiger partial charge < -0.3 is 9.84 Å². The lowest BCUT2D eigenvalue weighted by Crippen LogP contribution is -2.02. The van der Waals surface area contributed by atoms with Crippen molar-refractivity contribution in [2.45, 2.75) is 20.0 Å². The Hall–Kier alpha value is -2.70. The molecule has 104 valence electrons. The number of carboxylic acids is 1. The third-order valence-corrected chi connectivity index (χ3v) is 2.52. The molecular weight excluding hydrogens is 262 g/mol. The molecule has 0 aliphatic heterocycles. The summed E-state index contributed by atoms with van der Waals surface area (Å²) in [6, 6.07) is 6.72. The summed E-state index contributed by atoms with van der Waals surface area (Å²) in [5, 5.41) is 15.0. The summed E-state index contributed by atoms with van der Waals surface area (Å²) in [5.41, 5.74) is 0.612. The molecular formula is C13H13N3O4. The van der Waals surface area contributed by atoms with E-state index >= 15 is 0 Å². The molecule has 2 aromatic rings. The molecule has 0 aliphatic rings. The number of hydrogen-bond donors (Lipinski definition) is 2. The van der Waals surface area contributed by atoms with Crippen LogP contribution in [0.1, 0.15) is 28.9 Å². The molecule has 0 unspecified atom stereocenters. The zero-order valence-corrected chi connectivity index (χ0v) is 10.8. The Bertz CT molecular complexity index is 619. The molecule has 7 heteroatoms. The number of carbonyl (C=O) groups excluding carboxylic acids is 1. The number of hydrogen-bond acceptors (Lipinski definition) is 5. The number of nitrogens with one attached hydrogen (secondary N) is 1. The number of H-pyrrole nitrogens is 1. The highest BCUT2D eigenvalue weighted by Gasteiger charge is 2.08. The van der Waals surface area contributed by atoms with Crippen molar-refractivity contribution in [3.63, 3.8) is 0 Å². The standard InChI is InChI=1S/C13H13N3O4/c1-8(17)9-2-4-10(5-3-9)20-7-12-14-11(15-16-12)6-13(18)19/h2-5H,6-7H2,1H3,(H,18,19)(H,14,15,16). The molecule has 0 radical (unpaired) electrons. The second kappa shape index (κ2) is 5.96. The lowest BCUT2D eigenvalue weighted by atomic mass is 10.1. The molecule has 0 spiro atoms. The predicted octanol–water partition coefficient (Wildman–Crippen LogP) is 1.21.